The van der Waals surface area contributed by atoms with E-state index < -0.39 is 12.2 Å². The average molecular weight is 428 g/mol. The average Bonchev–Trinajstić information content (AvgIpc) is 2.70. The number of nitrogens with one attached hydrogen (secondary N) is 3. The molecule has 0 aromatic heterocycles. The number of carbonyl (C=O) groups excluding carboxylic acids is 3. The third kappa shape index (κ3) is 8.05. The number of ether oxygens (including phenoxy) is 3. The van der Waals surface area contributed by atoms with Gasteiger partial charge in [0.2, 0.25) is 11.9 Å². The van der Waals surface area contributed by atoms with Crippen LogP contribution in [0.15, 0.2) is 53.5 Å². The minimum absolute atomic E-state index is 0.126. The molecule has 2 rings (SSSR count). The first-order valence-electron chi connectivity index (χ1n) is 9.52. The summed E-state index contributed by atoms with van der Waals surface area (Å²) in [4.78, 5) is 39.5. The highest BCUT2D eigenvalue weighted by Gasteiger charge is 2.14. The molecular weight excluding hydrogens is 404 g/mol. The van der Waals surface area contributed by atoms with E-state index in [9.17, 15) is 14.4 Å². The molecule has 0 spiro atoms. The van der Waals surface area contributed by atoms with Gasteiger partial charge in [-0.25, -0.2) is 14.6 Å². The Hall–Kier alpha value is -4.08. The lowest BCUT2D eigenvalue weighted by atomic mass is 10.2. The maximum absolute atomic E-state index is 11.8. The monoisotopic (exact) mass is 428 g/mol. The van der Waals surface area contributed by atoms with Gasteiger partial charge in [0.15, 0.2) is 0 Å². The van der Waals surface area contributed by atoms with Crippen LogP contribution in [0.3, 0.4) is 0 Å². The maximum Gasteiger partial charge on any atom is 0.413 e. The minimum Gasteiger partial charge on any atom is -0.457 e. The number of amides is 3. The van der Waals surface area contributed by atoms with Crippen LogP contribution in [0.4, 0.5) is 21.0 Å². The summed E-state index contributed by atoms with van der Waals surface area (Å²) in [5, 5.41) is 7.30. The van der Waals surface area contributed by atoms with E-state index in [1.807, 2.05) is 18.2 Å². The van der Waals surface area contributed by atoms with Crippen molar-refractivity contribution in [2.75, 3.05) is 18.5 Å². The Morgan fingerprint density at radius 1 is 0.871 bits per heavy atom. The van der Waals surface area contributed by atoms with Gasteiger partial charge in [-0.1, -0.05) is 18.2 Å². The highest BCUT2D eigenvalue weighted by molar-refractivity contribution is 6.03. The van der Waals surface area contributed by atoms with Crippen LogP contribution in [0.25, 0.3) is 0 Å². The molecule has 0 saturated carbocycles. The first kappa shape index (κ1) is 23.2. The van der Waals surface area contributed by atoms with Gasteiger partial charge < -0.3 is 19.5 Å². The Labute approximate surface area is 179 Å². The van der Waals surface area contributed by atoms with Crippen LogP contribution >= 0.6 is 0 Å². The van der Waals surface area contributed by atoms with Crippen molar-refractivity contribution < 1.29 is 28.6 Å². The quantitative estimate of drug-likeness (QED) is 0.473. The molecule has 0 radical (unpaired) electrons. The lowest BCUT2D eigenvalue weighted by Crippen LogP contribution is -2.44. The zero-order valence-electron chi connectivity index (χ0n) is 17.4. The van der Waals surface area contributed by atoms with Gasteiger partial charge in [0.25, 0.3) is 0 Å². The highest BCUT2D eigenvalue weighted by atomic mass is 16.6. The van der Waals surface area contributed by atoms with Gasteiger partial charge in [0.05, 0.1) is 24.6 Å². The predicted molar refractivity (Wildman–Crippen MR) is 115 cm³/mol. The summed E-state index contributed by atoms with van der Waals surface area (Å²) in [6.07, 6.45) is -1.63. The van der Waals surface area contributed by atoms with Crippen LogP contribution in [-0.4, -0.2) is 37.3 Å². The van der Waals surface area contributed by atoms with Crippen molar-refractivity contribution in [3.8, 4) is 11.5 Å². The minimum atomic E-state index is -0.817. The number of aliphatic imine (C=N–C) groups is 1. The molecule has 10 heteroatoms. The van der Waals surface area contributed by atoms with Crippen molar-refractivity contribution in [2.45, 2.75) is 20.8 Å². The molecule has 0 aliphatic heterocycles. The van der Waals surface area contributed by atoms with E-state index in [0.29, 0.717) is 17.2 Å². The summed E-state index contributed by atoms with van der Waals surface area (Å²) in [5.41, 5.74) is 0.550. The Bertz CT molecular complexity index is 924. The summed E-state index contributed by atoms with van der Waals surface area (Å²) in [7, 11) is 0. The summed E-state index contributed by atoms with van der Waals surface area (Å²) >= 11 is 0. The van der Waals surface area contributed by atoms with Crippen LogP contribution in [-0.2, 0) is 14.3 Å². The zero-order valence-corrected chi connectivity index (χ0v) is 17.4. The molecule has 10 nitrogen and oxygen atoms in total. The molecule has 0 atom stereocenters. The van der Waals surface area contributed by atoms with Crippen LogP contribution in [0.1, 0.15) is 20.8 Å². The van der Waals surface area contributed by atoms with Crippen LogP contribution < -0.4 is 20.7 Å². The molecule has 2 aromatic rings. The lowest BCUT2D eigenvalue weighted by molar-refractivity contribution is -0.114. The summed E-state index contributed by atoms with van der Waals surface area (Å²) in [6, 6.07) is 13.9. The van der Waals surface area contributed by atoms with Crippen LogP contribution in [0.5, 0.6) is 11.5 Å². The fourth-order valence-electron chi connectivity index (χ4n) is 2.33. The number of benzene rings is 2. The molecule has 0 fully saturated rings. The van der Waals surface area contributed by atoms with Gasteiger partial charge in [-0.3, -0.25) is 15.4 Å². The Kier molecular flexibility index (Phi) is 8.84. The van der Waals surface area contributed by atoms with Gasteiger partial charge in [0.1, 0.15) is 11.5 Å². The van der Waals surface area contributed by atoms with Gasteiger partial charge >= 0.3 is 12.2 Å². The van der Waals surface area contributed by atoms with E-state index in [2.05, 4.69) is 20.9 Å². The van der Waals surface area contributed by atoms with Crippen molar-refractivity contribution in [3.05, 3.63) is 48.5 Å². The highest BCUT2D eigenvalue weighted by Crippen LogP contribution is 2.32. The third-order valence-corrected chi connectivity index (χ3v) is 3.48. The Morgan fingerprint density at radius 2 is 1.48 bits per heavy atom. The largest absolute Gasteiger partial charge is 0.457 e. The first-order chi connectivity index (χ1) is 14.9. The van der Waals surface area contributed by atoms with E-state index in [1.54, 1.807) is 44.2 Å². The SMILES string of the molecule is CCOC(=O)NC(=Nc1ccc(Oc2ccccc2)cc1NC(C)=O)NC(=O)OCC. The van der Waals surface area contributed by atoms with Crippen molar-refractivity contribution in [1.29, 1.82) is 0 Å². The molecule has 0 unspecified atom stereocenters. The number of guanidine groups is 1. The second-order valence-electron chi connectivity index (χ2n) is 5.93. The Balaban J connectivity index is 2.36. The molecule has 3 amide bonds. The zero-order chi connectivity index (χ0) is 22.6. The van der Waals surface area contributed by atoms with E-state index in [1.165, 1.54) is 6.92 Å². The summed E-state index contributed by atoms with van der Waals surface area (Å²) < 4.78 is 15.4. The molecule has 2 aromatic carbocycles. The van der Waals surface area contributed by atoms with Crippen molar-refractivity contribution in [2.24, 2.45) is 4.99 Å². The van der Waals surface area contributed by atoms with Crippen molar-refractivity contribution in [1.82, 2.24) is 10.6 Å². The van der Waals surface area contributed by atoms with Gasteiger partial charge in [-0.2, -0.15) is 0 Å². The molecule has 0 saturated heterocycles. The molecule has 0 aliphatic rings. The van der Waals surface area contributed by atoms with Crippen molar-refractivity contribution in [3.63, 3.8) is 0 Å². The molecule has 164 valence electrons. The number of rotatable bonds is 6. The van der Waals surface area contributed by atoms with E-state index >= 15 is 0 Å². The standard InChI is InChI=1S/C21H24N4O6/c1-4-29-20(27)24-19(25-21(28)30-5-2)23-17-12-11-16(13-18(17)22-14(3)26)31-15-9-7-6-8-10-15/h6-13H,4-5H2,1-3H3,(H,22,26)(H2,23,24,25,27,28). The number of hydrogen-bond donors (Lipinski definition) is 3. The van der Waals surface area contributed by atoms with Crippen LogP contribution in [0.2, 0.25) is 0 Å². The number of hydrogen-bond acceptors (Lipinski definition) is 7. The number of carbonyl (C=O) groups is 3. The third-order valence-electron chi connectivity index (χ3n) is 3.48. The van der Waals surface area contributed by atoms with Gasteiger partial charge in [-0.05, 0) is 38.1 Å². The predicted octanol–water partition coefficient (Wildman–Crippen LogP) is 3.92. The molecule has 3 N–H and O–H groups in total. The van der Waals surface area contributed by atoms with E-state index in [-0.39, 0.29) is 30.8 Å². The fraction of sp³-hybridized carbons (Fsp3) is 0.238. The topological polar surface area (TPSA) is 127 Å². The molecule has 0 aliphatic carbocycles. The summed E-state index contributed by atoms with van der Waals surface area (Å²) in [5.74, 6) is 0.486. The maximum atomic E-state index is 11.8. The summed E-state index contributed by atoms with van der Waals surface area (Å²) in [6.45, 7) is 4.86. The molecule has 0 bridgehead atoms. The molecule has 31 heavy (non-hydrogen) atoms. The van der Waals surface area contributed by atoms with Gasteiger partial charge in [-0.15, -0.1) is 0 Å². The fourth-order valence-corrected chi connectivity index (χ4v) is 2.33. The number of anilines is 1. The smallest absolute Gasteiger partial charge is 0.413 e. The second-order valence-corrected chi connectivity index (χ2v) is 5.93. The number of alkyl carbamates (subject to hydrolysis) is 2. The number of para-hydroxylation sites is 1. The lowest BCUT2D eigenvalue weighted by Gasteiger charge is -2.13. The molecule has 0 heterocycles. The Morgan fingerprint density at radius 3 is 2.03 bits per heavy atom. The van der Waals surface area contributed by atoms with E-state index in [0.717, 1.165) is 0 Å². The van der Waals surface area contributed by atoms with E-state index in [4.69, 9.17) is 14.2 Å². The second kappa shape index (κ2) is 11.8. The van der Waals surface area contributed by atoms with Crippen LogP contribution in [0, 0.1) is 0 Å². The van der Waals surface area contributed by atoms with Crippen molar-refractivity contribution >= 4 is 35.4 Å². The first-order valence-corrected chi connectivity index (χ1v) is 9.52. The number of nitrogens with zero attached hydrogens (tertiary/aromatic N) is 1. The normalized spacial score (nSPS) is 9.77. The van der Waals surface area contributed by atoms with Gasteiger partial charge in [0, 0.05) is 13.0 Å². The molecular formula is C21H24N4O6.